The summed E-state index contributed by atoms with van der Waals surface area (Å²) >= 11 is 1.65. The van der Waals surface area contributed by atoms with Gasteiger partial charge in [0, 0.05) is 31.6 Å². The van der Waals surface area contributed by atoms with Crippen molar-refractivity contribution in [2.24, 2.45) is 0 Å². The molecule has 1 aromatic carbocycles. The Kier molecular flexibility index (Phi) is 4.67. The maximum Gasteiger partial charge on any atom is 0.224 e. The molecule has 3 heterocycles. The van der Waals surface area contributed by atoms with E-state index in [4.69, 9.17) is 14.1 Å². The molecule has 0 aliphatic carbocycles. The van der Waals surface area contributed by atoms with Gasteiger partial charge in [-0.25, -0.2) is 4.98 Å². The van der Waals surface area contributed by atoms with Gasteiger partial charge in [-0.2, -0.15) is 0 Å². The summed E-state index contributed by atoms with van der Waals surface area (Å²) in [5, 5.41) is 3.96. The highest BCUT2D eigenvalue weighted by molar-refractivity contribution is 7.22. The largest absolute Gasteiger partial charge is 0.469 e. The zero-order valence-electron chi connectivity index (χ0n) is 13.7. The molecule has 25 heavy (non-hydrogen) atoms. The van der Waals surface area contributed by atoms with Crippen molar-refractivity contribution in [1.29, 1.82) is 0 Å². The summed E-state index contributed by atoms with van der Waals surface area (Å²) in [5.74, 6) is 0.803. The molecular weight excluding hydrogens is 338 g/mol. The molecule has 7 heteroatoms. The van der Waals surface area contributed by atoms with Crippen LogP contribution in [-0.2, 0) is 16.0 Å². The Balaban J connectivity index is 1.42. The van der Waals surface area contributed by atoms with E-state index in [0.29, 0.717) is 12.8 Å². The third kappa shape index (κ3) is 3.83. The molecule has 1 fully saturated rings. The third-order valence-electron chi connectivity index (χ3n) is 4.12. The molecule has 4 rings (SSSR count). The predicted molar refractivity (Wildman–Crippen MR) is 98.3 cm³/mol. The van der Waals surface area contributed by atoms with Gasteiger partial charge in [0.1, 0.15) is 5.76 Å². The average Bonchev–Trinajstić information content (AvgIpc) is 3.30. The first-order valence-electron chi connectivity index (χ1n) is 8.33. The quantitative estimate of drug-likeness (QED) is 0.759. The number of aromatic nitrogens is 1. The fourth-order valence-electron chi connectivity index (χ4n) is 2.80. The first kappa shape index (κ1) is 16.1. The predicted octanol–water partition coefficient (Wildman–Crippen LogP) is 3.30. The Hall–Kier alpha value is -2.38. The van der Waals surface area contributed by atoms with E-state index in [0.717, 1.165) is 53.1 Å². The third-order valence-corrected chi connectivity index (χ3v) is 5.20. The molecule has 2 aromatic heterocycles. The lowest BCUT2D eigenvalue weighted by atomic mass is 10.2. The Morgan fingerprint density at radius 3 is 2.96 bits per heavy atom. The Bertz CT molecular complexity index is 854. The topological polar surface area (TPSA) is 67.6 Å². The average molecular weight is 357 g/mol. The van der Waals surface area contributed by atoms with Crippen LogP contribution in [0.15, 0.2) is 41.0 Å². The van der Waals surface area contributed by atoms with Gasteiger partial charge in [0.25, 0.3) is 0 Å². The molecule has 0 spiro atoms. The molecule has 0 atom stereocenters. The van der Waals surface area contributed by atoms with E-state index in [-0.39, 0.29) is 5.91 Å². The number of nitrogens with one attached hydrogen (secondary N) is 1. The summed E-state index contributed by atoms with van der Waals surface area (Å²) in [5.41, 5.74) is 1.76. The van der Waals surface area contributed by atoms with Crippen molar-refractivity contribution < 1.29 is 13.9 Å². The van der Waals surface area contributed by atoms with E-state index in [1.807, 2.05) is 30.3 Å². The number of nitrogens with zero attached hydrogens (tertiary/aromatic N) is 2. The summed E-state index contributed by atoms with van der Waals surface area (Å²) < 4.78 is 11.7. The molecule has 1 N–H and O–H groups in total. The van der Waals surface area contributed by atoms with Crippen LogP contribution in [0.5, 0.6) is 0 Å². The lowest BCUT2D eigenvalue weighted by molar-refractivity contribution is -0.116. The van der Waals surface area contributed by atoms with Crippen LogP contribution in [0.25, 0.3) is 10.2 Å². The van der Waals surface area contributed by atoms with Crippen molar-refractivity contribution in [2.75, 3.05) is 36.5 Å². The number of anilines is 2. The van der Waals surface area contributed by atoms with E-state index >= 15 is 0 Å². The van der Waals surface area contributed by atoms with Gasteiger partial charge in [-0.05, 0) is 30.3 Å². The monoisotopic (exact) mass is 357 g/mol. The summed E-state index contributed by atoms with van der Waals surface area (Å²) in [6.45, 7) is 3.23. The van der Waals surface area contributed by atoms with E-state index in [9.17, 15) is 4.79 Å². The number of carbonyl (C=O) groups is 1. The minimum Gasteiger partial charge on any atom is -0.469 e. The number of hydrogen-bond donors (Lipinski definition) is 1. The second-order valence-corrected chi connectivity index (χ2v) is 6.92. The van der Waals surface area contributed by atoms with Crippen molar-refractivity contribution in [3.05, 3.63) is 42.4 Å². The zero-order valence-corrected chi connectivity index (χ0v) is 14.6. The second kappa shape index (κ2) is 7.25. The summed E-state index contributed by atoms with van der Waals surface area (Å²) in [6.07, 6.45) is 2.62. The number of carbonyl (C=O) groups excluding carboxylic acids is 1. The van der Waals surface area contributed by atoms with Gasteiger partial charge in [-0.3, -0.25) is 4.79 Å². The molecule has 1 saturated heterocycles. The van der Waals surface area contributed by atoms with Crippen LogP contribution in [0.1, 0.15) is 12.2 Å². The van der Waals surface area contributed by atoms with Crippen LogP contribution in [0, 0.1) is 0 Å². The van der Waals surface area contributed by atoms with Crippen LogP contribution in [0.4, 0.5) is 10.8 Å². The minimum atomic E-state index is -0.0198. The smallest absolute Gasteiger partial charge is 0.224 e. The van der Waals surface area contributed by atoms with Crippen molar-refractivity contribution >= 4 is 38.3 Å². The molecule has 6 nitrogen and oxygen atoms in total. The van der Waals surface area contributed by atoms with Crippen molar-refractivity contribution in [1.82, 2.24) is 4.98 Å². The fourth-order valence-corrected chi connectivity index (χ4v) is 3.85. The molecule has 1 aliphatic heterocycles. The highest BCUT2D eigenvalue weighted by Crippen LogP contribution is 2.31. The van der Waals surface area contributed by atoms with Crippen molar-refractivity contribution in [2.45, 2.75) is 12.8 Å². The fraction of sp³-hybridized carbons (Fsp3) is 0.333. The Morgan fingerprint density at radius 2 is 2.16 bits per heavy atom. The molecule has 0 saturated carbocycles. The number of thiazole rings is 1. The normalized spacial score (nSPS) is 14.8. The van der Waals surface area contributed by atoms with Gasteiger partial charge in [0.15, 0.2) is 5.13 Å². The van der Waals surface area contributed by atoms with E-state index in [1.165, 1.54) is 0 Å². The molecule has 0 unspecified atom stereocenters. The number of amides is 1. The summed E-state index contributed by atoms with van der Waals surface area (Å²) in [7, 11) is 0. The van der Waals surface area contributed by atoms with Gasteiger partial charge in [0.05, 0.1) is 29.7 Å². The van der Waals surface area contributed by atoms with E-state index in [2.05, 4.69) is 10.2 Å². The van der Waals surface area contributed by atoms with Gasteiger partial charge >= 0.3 is 0 Å². The van der Waals surface area contributed by atoms with Crippen molar-refractivity contribution in [3.63, 3.8) is 0 Å². The second-order valence-electron chi connectivity index (χ2n) is 5.91. The van der Waals surface area contributed by atoms with Crippen LogP contribution in [0.3, 0.4) is 0 Å². The molecule has 130 valence electrons. The molecular formula is C18H19N3O3S. The molecule has 3 aromatic rings. The lowest BCUT2D eigenvalue weighted by Gasteiger charge is -2.25. The van der Waals surface area contributed by atoms with Crippen LogP contribution < -0.4 is 10.2 Å². The number of hydrogen-bond acceptors (Lipinski definition) is 6. The highest BCUT2D eigenvalue weighted by Gasteiger charge is 2.15. The number of morpholine rings is 1. The first-order valence-corrected chi connectivity index (χ1v) is 9.15. The van der Waals surface area contributed by atoms with Crippen LogP contribution in [0.2, 0.25) is 0 Å². The van der Waals surface area contributed by atoms with Crippen molar-refractivity contribution in [3.8, 4) is 0 Å². The maximum atomic E-state index is 12.1. The molecule has 0 radical (unpaired) electrons. The Morgan fingerprint density at radius 1 is 1.28 bits per heavy atom. The number of fused-ring (bicyclic) bond motifs is 1. The number of furan rings is 1. The number of aryl methyl sites for hydroxylation is 1. The minimum absolute atomic E-state index is 0.0198. The SMILES string of the molecule is O=C(CCc1ccco1)Nc1ccc2nc(N3CCOCC3)sc2c1. The standard InChI is InChI=1S/C18H19N3O3S/c22-17(6-4-14-2-1-9-24-14)19-13-3-5-15-16(12-13)25-18(20-15)21-7-10-23-11-8-21/h1-3,5,9,12H,4,6-8,10-11H2,(H,19,22). The van der Waals surface area contributed by atoms with E-state index < -0.39 is 0 Å². The van der Waals surface area contributed by atoms with Gasteiger partial charge in [0.2, 0.25) is 5.91 Å². The first-order chi connectivity index (χ1) is 12.3. The molecule has 1 aliphatic rings. The van der Waals surface area contributed by atoms with Crippen LogP contribution in [-0.4, -0.2) is 37.2 Å². The van der Waals surface area contributed by atoms with Gasteiger partial charge < -0.3 is 19.4 Å². The lowest BCUT2D eigenvalue weighted by Crippen LogP contribution is -2.36. The molecule has 1 amide bonds. The highest BCUT2D eigenvalue weighted by atomic mass is 32.1. The summed E-state index contributed by atoms with van der Waals surface area (Å²) in [4.78, 5) is 19.0. The number of benzene rings is 1. The van der Waals surface area contributed by atoms with Gasteiger partial charge in [-0.15, -0.1) is 0 Å². The zero-order chi connectivity index (χ0) is 17.1. The van der Waals surface area contributed by atoms with E-state index in [1.54, 1.807) is 17.6 Å². The van der Waals surface area contributed by atoms with Crippen LogP contribution >= 0.6 is 11.3 Å². The van der Waals surface area contributed by atoms with Gasteiger partial charge in [-0.1, -0.05) is 11.3 Å². The maximum absolute atomic E-state index is 12.1. The number of ether oxygens (including phenoxy) is 1. The Labute approximate surface area is 149 Å². The summed E-state index contributed by atoms with van der Waals surface area (Å²) in [6, 6.07) is 9.55. The number of rotatable bonds is 5. The molecule has 0 bridgehead atoms.